The summed E-state index contributed by atoms with van der Waals surface area (Å²) in [6, 6.07) is 9.25. The Morgan fingerprint density at radius 3 is 2.78 bits per heavy atom. The molecular formula is C21H20N2O4. The van der Waals surface area contributed by atoms with Crippen LogP contribution in [0.5, 0.6) is 17.2 Å². The molecule has 1 aliphatic carbocycles. The first-order valence-corrected chi connectivity index (χ1v) is 9.38. The molecule has 0 N–H and O–H groups in total. The van der Waals surface area contributed by atoms with Crippen LogP contribution in [0.1, 0.15) is 38.2 Å². The molecule has 27 heavy (non-hydrogen) atoms. The fourth-order valence-corrected chi connectivity index (χ4v) is 4.02. The second kappa shape index (κ2) is 5.81. The number of benzene rings is 1. The van der Waals surface area contributed by atoms with Crippen molar-refractivity contribution < 1.29 is 19.1 Å². The van der Waals surface area contributed by atoms with Crippen LogP contribution < -0.4 is 14.4 Å². The first-order valence-electron chi connectivity index (χ1n) is 9.38. The van der Waals surface area contributed by atoms with E-state index < -0.39 is 0 Å². The summed E-state index contributed by atoms with van der Waals surface area (Å²) >= 11 is 0. The molecule has 2 fully saturated rings. The summed E-state index contributed by atoms with van der Waals surface area (Å²) in [5, 5.41) is 0. The first kappa shape index (κ1) is 16.3. The standard InChI is InChI=1S/C21H20N2O4/c1-2-13-10-18(24)23(20(13)25)17-7-6-14(11-22-17)27-16-5-3-4-15-19(16)21(8-9-21)12-26-15/h3-7,11,13H,2,8-10,12H2,1H3/t13-/m0/s1. The van der Waals surface area contributed by atoms with Gasteiger partial charge < -0.3 is 9.47 Å². The molecule has 138 valence electrons. The normalized spacial score (nSPS) is 22.1. The summed E-state index contributed by atoms with van der Waals surface area (Å²) in [7, 11) is 0. The van der Waals surface area contributed by atoms with E-state index in [1.165, 1.54) is 4.90 Å². The van der Waals surface area contributed by atoms with Crippen LogP contribution in [0.15, 0.2) is 36.5 Å². The molecule has 0 radical (unpaired) electrons. The number of ether oxygens (including phenoxy) is 2. The summed E-state index contributed by atoms with van der Waals surface area (Å²) < 4.78 is 11.9. The van der Waals surface area contributed by atoms with Crippen molar-refractivity contribution in [3.05, 3.63) is 42.1 Å². The van der Waals surface area contributed by atoms with E-state index in [9.17, 15) is 9.59 Å². The van der Waals surface area contributed by atoms with Crippen LogP contribution in [0.4, 0.5) is 5.82 Å². The Kier molecular flexibility index (Phi) is 3.50. The van der Waals surface area contributed by atoms with Gasteiger partial charge in [0.2, 0.25) is 11.8 Å². The monoisotopic (exact) mass is 364 g/mol. The van der Waals surface area contributed by atoms with Crippen LogP contribution in [0, 0.1) is 5.92 Å². The molecule has 2 aromatic rings. The SMILES string of the molecule is CC[C@H]1CC(=O)N(c2ccc(Oc3cccc4c3C3(CC3)CO4)cn2)C1=O. The molecule has 2 amide bonds. The Hall–Kier alpha value is -2.89. The van der Waals surface area contributed by atoms with Crippen molar-refractivity contribution in [2.75, 3.05) is 11.5 Å². The minimum absolute atomic E-state index is 0.114. The second-order valence-corrected chi connectivity index (χ2v) is 7.53. The van der Waals surface area contributed by atoms with Gasteiger partial charge in [-0.05, 0) is 43.5 Å². The van der Waals surface area contributed by atoms with E-state index in [0.717, 1.165) is 36.5 Å². The molecule has 1 atom stereocenters. The maximum atomic E-state index is 12.3. The molecule has 6 nitrogen and oxygen atoms in total. The highest BCUT2D eigenvalue weighted by Gasteiger charge is 2.52. The zero-order valence-corrected chi connectivity index (χ0v) is 15.1. The molecule has 5 rings (SSSR count). The number of carbonyl (C=O) groups excluding carboxylic acids is 2. The van der Waals surface area contributed by atoms with E-state index in [1.807, 2.05) is 25.1 Å². The molecule has 1 saturated heterocycles. The second-order valence-electron chi connectivity index (χ2n) is 7.53. The van der Waals surface area contributed by atoms with Crippen LogP contribution in [-0.2, 0) is 15.0 Å². The first-order chi connectivity index (χ1) is 13.1. The van der Waals surface area contributed by atoms with Gasteiger partial charge in [0.1, 0.15) is 23.1 Å². The Morgan fingerprint density at radius 1 is 1.26 bits per heavy atom. The van der Waals surface area contributed by atoms with Gasteiger partial charge in [0.15, 0.2) is 0 Å². The molecule has 0 unspecified atom stereocenters. The summed E-state index contributed by atoms with van der Waals surface area (Å²) in [6.45, 7) is 2.63. The van der Waals surface area contributed by atoms with Crippen molar-refractivity contribution in [3.8, 4) is 17.2 Å². The molecule has 2 aliphatic heterocycles. The number of rotatable bonds is 4. The lowest BCUT2D eigenvalue weighted by atomic mass is 9.97. The number of hydrogen-bond acceptors (Lipinski definition) is 5. The largest absolute Gasteiger partial charge is 0.492 e. The average Bonchev–Trinajstić information content (AvgIpc) is 3.27. The van der Waals surface area contributed by atoms with Gasteiger partial charge in [0.05, 0.1) is 12.8 Å². The highest BCUT2D eigenvalue weighted by molar-refractivity contribution is 6.20. The van der Waals surface area contributed by atoms with Crippen molar-refractivity contribution >= 4 is 17.6 Å². The lowest BCUT2D eigenvalue weighted by Gasteiger charge is -2.15. The molecule has 3 heterocycles. The number of anilines is 1. The summed E-state index contributed by atoms with van der Waals surface area (Å²) in [5.74, 6) is 2.01. The summed E-state index contributed by atoms with van der Waals surface area (Å²) in [4.78, 5) is 30.0. The summed E-state index contributed by atoms with van der Waals surface area (Å²) in [6.07, 6.45) is 4.72. The Morgan fingerprint density at radius 2 is 2.11 bits per heavy atom. The Labute approximate surface area is 157 Å². The van der Waals surface area contributed by atoms with Crippen LogP contribution >= 0.6 is 0 Å². The van der Waals surface area contributed by atoms with E-state index in [0.29, 0.717) is 18.0 Å². The summed E-state index contributed by atoms with van der Waals surface area (Å²) in [5.41, 5.74) is 1.26. The van der Waals surface area contributed by atoms with Gasteiger partial charge >= 0.3 is 0 Å². The zero-order valence-electron chi connectivity index (χ0n) is 15.1. The van der Waals surface area contributed by atoms with Gasteiger partial charge in [-0.25, -0.2) is 9.88 Å². The number of carbonyl (C=O) groups is 2. The maximum absolute atomic E-state index is 12.3. The Balaban J connectivity index is 1.39. The van der Waals surface area contributed by atoms with E-state index in [-0.39, 0.29) is 29.6 Å². The molecule has 1 aromatic heterocycles. The lowest BCUT2D eigenvalue weighted by molar-refractivity contribution is -0.122. The van der Waals surface area contributed by atoms with E-state index in [2.05, 4.69) is 4.98 Å². The predicted molar refractivity (Wildman–Crippen MR) is 98.1 cm³/mol. The number of imide groups is 1. The van der Waals surface area contributed by atoms with Gasteiger partial charge in [-0.1, -0.05) is 13.0 Å². The van der Waals surface area contributed by atoms with Crippen molar-refractivity contribution in [3.63, 3.8) is 0 Å². The van der Waals surface area contributed by atoms with Gasteiger partial charge in [-0.15, -0.1) is 0 Å². The third-order valence-electron chi connectivity index (χ3n) is 5.79. The fraction of sp³-hybridized carbons (Fsp3) is 0.381. The van der Waals surface area contributed by atoms with Crippen LogP contribution in [0.3, 0.4) is 0 Å². The van der Waals surface area contributed by atoms with Gasteiger partial charge in [0.25, 0.3) is 0 Å². The van der Waals surface area contributed by atoms with Crippen LogP contribution in [0.25, 0.3) is 0 Å². The highest BCUT2D eigenvalue weighted by atomic mass is 16.5. The number of aromatic nitrogens is 1. The topological polar surface area (TPSA) is 68.7 Å². The van der Waals surface area contributed by atoms with E-state index in [1.54, 1.807) is 18.3 Å². The number of fused-ring (bicyclic) bond motifs is 2. The highest BCUT2D eigenvalue weighted by Crippen LogP contribution is 2.58. The molecule has 1 saturated carbocycles. The molecule has 0 bridgehead atoms. The maximum Gasteiger partial charge on any atom is 0.238 e. The van der Waals surface area contributed by atoms with Gasteiger partial charge in [0, 0.05) is 23.3 Å². The van der Waals surface area contributed by atoms with Crippen molar-refractivity contribution in [2.24, 2.45) is 5.92 Å². The van der Waals surface area contributed by atoms with Gasteiger partial charge in [-0.2, -0.15) is 0 Å². The predicted octanol–water partition coefficient (Wildman–Crippen LogP) is 3.59. The Bertz CT molecular complexity index is 934. The number of hydrogen-bond donors (Lipinski definition) is 0. The molecule has 6 heteroatoms. The zero-order chi connectivity index (χ0) is 18.6. The van der Waals surface area contributed by atoms with Crippen molar-refractivity contribution in [1.29, 1.82) is 0 Å². The molecule has 3 aliphatic rings. The molecule has 1 spiro atoms. The fourth-order valence-electron chi connectivity index (χ4n) is 4.02. The number of nitrogens with zero attached hydrogens (tertiary/aromatic N) is 2. The minimum Gasteiger partial charge on any atom is -0.492 e. The van der Waals surface area contributed by atoms with E-state index >= 15 is 0 Å². The quantitative estimate of drug-likeness (QED) is 0.776. The number of amides is 2. The van der Waals surface area contributed by atoms with Crippen LogP contribution in [0.2, 0.25) is 0 Å². The molecule has 1 aromatic carbocycles. The van der Waals surface area contributed by atoms with Crippen LogP contribution in [-0.4, -0.2) is 23.4 Å². The smallest absolute Gasteiger partial charge is 0.238 e. The third kappa shape index (κ3) is 2.51. The average molecular weight is 364 g/mol. The third-order valence-corrected chi connectivity index (χ3v) is 5.79. The lowest BCUT2D eigenvalue weighted by Crippen LogP contribution is -2.31. The van der Waals surface area contributed by atoms with Crippen molar-refractivity contribution in [1.82, 2.24) is 4.98 Å². The van der Waals surface area contributed by atoms with Crippen molar-refractivity contribution in [2.45, 2.75) is 38.0 Å². The minimum atomic E-state index is -0.239. The number of pyridine rings is 1. The molecular weight excluding hydrogens is 344 g/mol. The van der Waals surface area contributed by atoms with Gasteiger partial charge in [-0.3, -0.25) is 9.59 Å². The van der Waals surface area contributed by atoms with E-state index in [4.69, 9.17) is 9.47 Å².